The average Bonchev–Trinajstić information content (AvgIpc) is 1.80. The molecule has 0 saturated heterocycles. The van der Waals surface area contributed by atoms with Crippen LogP contribution in [0, 0.1) is 0 Å². The average molecular weight is 126 g/mol. The second-order valence-electron chi connectivity index (χ2n) is 2.03. The van der Waals surface area contributed by atoms with Crippen LogP contribution >= 0.6 is 0 Å². The zero-order valence-corrected chi connectivity index (χ0v) is 6.35. The molecule has 0 rings (SSSR count). The minimum Gasteiger partial charge on any atom is -0.501 e. The van der Waals surface area contributed by atoms with E-state index in [1.165, 1.54) is 5.57 Å². The maximum absolute atomic E-state index is 4.96. The van der Waals surface area contributed by atoms with Crippen molar-refractivity contribution in [2.24, 2.45) is 0 Å². The van der Waals surface area contributed by atoms with Gasteiger partial charge in [0.05, 0.1) is 12.9 Å². The monoisotopic (exact) mass is 126 g/mol. The Bertz CT molecular complexity index is 108. The Labute approximate surface area is 57.0 Å². The van der Waals surface area contributed by atoms with Gasteiger partial charge in [0.15, 0.2) is 0 Å². The molecule has 0 atom stereocenters. The van der Waals surface area contributed by atoms with Gasteiger partial charge in [0.2, 0.25) is 0 Å². The molecule has 0 spiro atoms. The van der Waals surface area contributed by atoms with Crippen molar-refractivity contribution in [3.63, 3.8) is 0 Å². The molecule has 0 aliphatic heterocycles. The van der Waals surface area contributed by atoms with Crippen molar-refractivity contribution in [1.29, 1.82) is 0 Å². The van der Waals surface area contributed by atoms with Crippen molar-refractivity contribution in [2.75, 3.05) is 6.61 Å². The molecule has 0 amide bonds. The molecule has 0 N–H and O–H groups in total. The second kappa shape index (κ2) is 5.42. The lowest BCUT2D eigenvalue weighted by Gasteiger charge is -1.89. The van der Waals surface area contributed by atoms with Gasteiger partial charge in [-0.15, -0.1) is 0 Å². The van der Waals surface area contributed by atoms with E-state index in [2.05, 4.69) is 13.8 Å². The molecule has 0 bridgehead atoms. The van der Waals surface area contributed by atoms with Crippen LogP contribution in [0.3, 0.4) is 0 Å². The number of hydrogen-bond donors (Lipinski definition) is 0. The van der Waals surface area contributed by atoms with E-state index in [1.807, 2.05) is 19.1 Å². The zero-order chi connectivity index (χ0) is 7.11. The molecule has 0 radical (unpaired) electrons. The summed E-state index contributed by atoms with van der Waals surface area (Å²) in [5, 5.41) is 0. The van der Waals surface area contributed by atoms with E-state index in [0.717, 1.165) is 6.61 Å². The first-order valence-electron chi connectivity index (χ1n) is 3.19. The highest BCUT2D eigenvalue weighted by molar-refractivity contribution is 5.06. The second-order valence-corrected chi connectivity index (χ2v) is 2.03. The summed E-state index contributed by atoms with van der Waals surface area (Å²) >= 11 is 0. The van der Waals surface area contributed by atoms with Gasteiger partial charge < -0.3 is 4.74 Å². The molecule has 0 saturated carbocycles. The molecule has 0 aromatic carbocycles. The van der Waals surface area contributed by atoms with Crippen LogP contribution in [-0.4, -0.2) is 6.61 Å². The van der Waals surface area contributed by atoms with E-state index in [4.69, 9.17) is 4.74 Å². The summed E-state index contributed by atoms with van der Waals surface area (Å²) in [7, 11) is 0. The van der Waals surface area contributed by atoms with Crippen molar-refractivity contribution >= 4 is 0 Å². The first kappa shape index (κ1) is 8.28. The van der Waals surface area contributed by atoms with Crippen LogP contribution < -0.4 is 0 Å². The number of ether oxygens (including phenoxy) is 1. The van der Waals surface area contributed by atoms with Gasteiger partial charge in [-0.2, -0.15) is 0 Å². The Hall–Kier alpha value is -0.720. The molecular weight excluding hydrogens is 112 g/mol. The number of hydrogen-bond acceptors (Lipinski definition) is 1. The van der Waals surface area contributed by atoms with Crippen molar-refractivity contribution < 1.29 is 4.74 Å². The molecule has 0 aliphatic carbocycles. The maximum Gasteiger partial charge on any atom is 0.0845 e. The van der Waals surface area contributed by atoms with Crippen LogP contribution in [0.1, 0.15) is 20.8 Å². The van der Waals surface area contributed by atoms with Gasteiger partial charge in [-0.3, -0.25) is 0 Å². The lowest BCUT2D eigenvalue weighted by atomic mass is 10.3. The molecule has 0 unspecified atom stereocenters. The van der Waals surface area contributed by atoms with E-state index in [9.17, 15) is 0 Å². The summed E-state index contributed by atoms with van der Waals surface area (Å²) in [5.41, 5.74) is 1.28. The van der Waals surface area contributed by atoms with Crippen LogP contribution in [0.5, 0.6) is 0 Å². The van der Waals surface area contributed by atoms with Gasteiger partial charge in [0.25, 0.3) is 0 Å². The predicted octanol–water partition coefficient (Wildman–Crippen LogP) is 2.50. The van der Waals surface area contributed by atoms with Crippen LogP contribution in [0.4, 0.5) is 0 Å². The number of allylic oxidation sites excluding steroid dienone is 3. The quantitative estimate of drug-likeness (QED) is 0.417. The first-order chi connectivity index (χ1) is 4.27. The molecule has 1 heteroatoms. The fourth-order valence-corrected chi connectivity index (χ4v) is 0.384. The summed E-state index contributed by atoms with van der Waals surface area (Å²) in [6, 6.07) is 0. The summed E-state index contributed by atoms with van der Waals surface area (Å²) in [4.78, 5) is 0. The van der Waals surface area contributed by atoms with E-state index in [1.54, 1.807) is 6.26 Å². The topological polar surface area (TPSA) is 9.23 Å². The molecule has 0 aliphatic rings. The Morgan fingerprint density at radius 1 is 1.44 bits per heavy atom. The smallest absolute Gasteiger partial charge is 0.0845 e. The molecule has 0 aromatic heterocycles. The third-order valence-electron chi connectivity index (χ3n) is 0.771. The van der Waals surface area contributed by atoms with Crippen molar-refractivity contribution in [3.8, 4) is 0 Å². The third-order valence-corrected chi connectivity index (χ3v) is 0.771. The van der Waals surface area contributed by atoms with E-state index in [-0.39, 0.29) is 0 Å². The highest BCUT2D eigenvalue weighted by atomic mass is 16.5. The summed E-state index contributed by atoms with van der Waals surface area (Å²) < 4.78 is 4.96. The highest BCUT2D eigenvalue weighted by Gasteiger charge is 1.69. The van der Waals surface area contributed by atoms with E-state index >= 15 is 0 Å². The fourth-order valence-electron chi connectivity index (χ4n) is 0.384. The molecule has 0 heterocycles. The van der Waals surface area contributed by atoms with Crippen molar-refractivity contribution in [2.45, 2.75) is 20.8 Å². The van der Waals surface area contributed by atoms with E-state index < -0.39 is 0 Å². The van der Waals surface area contributed by atoms with Crippen LogP contribution in [-0.2, 0) is 4.74 Å². The van der Waals surface area contributed by atoms with E-state index in [0.29, 0.717) is 0 Å². The lowest BCUT2D eigenvalue weighted by molar-refractivity contribution is 0.269. The largest absolute Gasteiger partial charge is 0.501 e. The maximum atomic E-state index is 4.96. The molecular formula is C8H14O. The fraction of sp³-hybridized carbons (Fsp3) is 0.500. The molecule has 0 fully saturated rings. The molecule has 52 valence electrons. The standard InChI is InChI=1S/C8H14O/c1-4-9-7-5-6-8(2)3/h5-7H,4H2,1-3H3. The lowest BCUT2D eigenvalue weighted by Crippen LogP contribution is -1.74. The summed E-state index contributed by atoms with van der Waals surface area (Å²) in [6.45, 7) is 6.81. The third kappa shape index (κ3) is 7.28. The van der Waals surface area contributed by atoms with Crippen LogP contribution in [0.2, 0.25) is 0 Å². The normalized spacial score (nSPS) is 9.67. The Morgan fingerprint density at radius 3 is 2.56 bits per heavy atom. The van der Waals surface area contributed by atoms with Gasteiger partial charge in [0, 0.05) is 0 Å². The van der Waals surface area contributed by atoms with Crippen LogP contribution in [0.15, 0.2) is 24.0 Å². The Morgan fingerprint density at radius 2 is 2.11 bits per heavy atom. The summed E-state index contributed by atoms with van der Waals surface area (Å²) in [6.07, 6.45) is 5.61. The van der Waals surface area contributed by atoms with Gasteiger partial charge in [0.1, 0.15) is 0 Å². The molecule has 0 aromatic rings. The minimum absolute atomic E-state index is 0.743. The van der Waals surface area contributed by atoms with Gasteiger partial charge in [-0.05, 0) is 26.8 Å². The predicted molar refractivity (Wildman–Crippen MR) is 40.2 cm³/mol. The highest BCUT2D eigenvalue weighted by Crippen LogP contribution is 1.88. The zero-order valence-electron chi connectivity index (χ0n) is 6.35. The van der Waals surface area contributed by atoms with Gasteiger partial charge in [-0.25, -0.2) is 0 Å². The minimum atomic E-state index is 0.743. The Kier molecular flexibility index (Phi) is 4.98. The first-order valence-corrected chi connectivity index (χ1v) is 3.19. The van der Waals surface area contributed by atoms with Gasteiger partial charge >= 0.3 is 0 Å². The van der Waals surface area contributed by atoms with Gasteiger partial charge in [-0.1, -0.05) is 11.6 Å². The van der Waals surface area contributed by atoms with Crippen LogP contribution in [0.25, 0.3) is 0 Å². The summed E-state index contributed by atoms with van der Waals surface area (Å²) in [5.74, 6) is 0. The van der Waals surface area contributed by atoms with Crippen molar-refractivity contribution in [1.82, 2.24) is 0 Å². The Balaban J connectivity index is 3.35. The van der Waals surface area contributed by atoms with Crippen molar-refractivity contribution in [3.05, 3.63) is 24.0 Å². The number of rotatable bonds is 3. The molecule has 9 heavy (non-hydrogen) atoms. The molecule has 1 nitrogen and oxygen atoms in total. The SMILES string of the molecule is CCOC=CC=C(C)C.